The first-order valence-electron chi connectivity index (χ1n) is 7.60. The Bertz CT molecular complexity index is 558. The zero-order valence-corrected chi connectivity index (χ0v) is 14.8. The maximum absolute atomic E-state index is 11.9. The molecule has 0 atom stereocenters. The van der Waals surface area contributed by atoms with E-state index in [0.29, 0.717) is 18.8 Å². The molecule has 0 unspecified atom stereocenters. The van der Waals surface area contributed by atoms with Crippen molar-refractivity contribution in [1.29, 1.82) is 0 Å². The molecule has 0 aliphatic carbocycles. The lowest BCUT2D eigenvalue weighted by atomic mass is 9.92. The van der Waals surface area contributed by atoms with Gasteiger partial charge in [-0.15, -0.1) is 0 Å². The van der Waals surface area contributed by atoms with E-state index >= 15 is 0 Å². The van der Waals surface area contributed by atoms with Crippen LogP contribution in [0.15, 0.2) is 10.9 Å². The summed E-state index contributed by atoms with van der Waals surface area (Å²) >= 11 is 0. The van der Waals surface area contributed by atoms with Crippen LogP contribution in [-0.2, 0) is 17.8 Å². The van der Waals surface area contributed by atoms with E-state index in [2.05, 4.69) is 25.9 Å². The van der Waals surface area contributed by atoms with E-state index < -0.39 is 11.7 Å². The topological polar surface area (TPSA) is 67.3 Å². The largest absolute Gasteiger partial charge is 0.444 e. The van der Waals surface area contributed by atoms with Crippen molar-refractivity contribution < 1.29 is 9.53 Å². The molecule has 0 aromatic carbocycles. The summed E-state index contributed by atoms with van der Waals surface area (Å²) in [6.07, 6.45) is 0.491. The van der Waals surface area contributed by atoms with Gasteiger partial charge < -0.3 is 9.64 Å². The number of amides is 1. The van der Waals surface area contributed by atoms with Crippen molar-refractivity contribution in [2.24, 2.45) is 5.41 Å². The second-order valence-electron chi connectivity index (χ2n) is 7.92. The summed E-state index contributed by atoms with van der Waals surface area (Å²) in [6.45, 7) is 12.8. The van der Waals surface area contributed by atoms with E-state index in [-0.39, 0.29) is 11.0 Å². The van der Waals surface area contributed by atoms with Crippen LogP contribution in [0.1, 0.15) is 53.7 Å². The number of rotatable bonds is 4. The molecule has 0 saturated heterocycles. The van der Waals surface area contributed by atoms with E-state index in [4.69, 9.17) is 4.74 Å². The molecule has 0 aliphatic heterocycles. The average molecular weight is 311 g/mol. The molecular weight excluding hydrogens is 282 g/mol. The molecule has 1 heterocycles. The van der Waals surface area contributed by atoms with E-state index in [1.165, 1.54) is 11.0 Å². The minimum atomic E-state index is -0.530. The number of aryl methyl sites for hydroxylation is 1. The van der Waals surface area contributed by atoms with Crippen LogP contribution in [0, 0.1) is 5.41 Å². The van der Waals surface area contributed by atoms with Crippen molar-refractivity contribution in [3.05, 3.63) is 22.1 Å². The highest BCUT2D eigenvalue weighted by Gasteiger charge is 2.20. The summed E-state index contributed by atoms with van der Waals surface area (Å²) in [4.78, 5) is 25.3. The van der Waals surface area contributed by atoms with Crippen LogP contribution in [0.3, 0.4) is 0 Å². The summed E-state index contributed by atoms with van der Waals surface area (Å²) in [6, 6.07) is 1.53. The molecule has 0 saturated carbocycles. The number of H-pyrrole nitrogens is 1. The first kappa shape index (κ1) is 18.3. The van der Waals surface area contributed by atoms with Crippen molar-refractivity contribution >= 4 is 6.09 Å². The normalized spacial score (nSPS) is 12.3. The van der Waals surface area contributed by atoms with Crippen molar-refractivity contribution in [2.45, 2.75) is 66.7 Å². The quantitative estimate of drug-likeness (QED) is 0.929. The maximum Gasteiger partial charge on any atom is 0.410 e. The summed E-state index contributed by atoms with van der Waals surface area (Å²) in [7, 11) is 1.65. The van der Waals surface area contributed by atoms with Gasteiger partial charge in [-0.25, -0.2) is 4.79 Å². The van der Waals surface area contributed by atoms with E-state index in [1.807, 2.05) is 20.8 Å². The Hall–Kier alpha value is -1.72. The average Bonchev–Trinajstić information content (AvgIpc) is 2.63. The Balaban J connectivity index is 2.67. The highest BCUT2D eigenvalue weighted by molar-refractivity contribution is 5.67. The minimum Gasteiger partial charge on any atom is -0.444 e. The van der Waals surface area contributed by atoms with Crippen LogP contribution in [0.5, 0.6) is 0 Å². The number of nitrogens with one attached hydrogen (secondary N) is 1. The Kier molecular flexibility index (Phi) is 5.49. The summed E-state index contributed by atoms with van der Waals surface area (Å²) in [5, 5.41) is 3.06. The van der Waals surface area contributed by atoms with Crippen molar-refractivity contribution in [1.82, 2.24) is 14.7 Å². The van der Waals surface area contributed by atoms with Gasteiger partial charge in [0.15, 0.2) is 0 Å². The molecule has 0 radical (unpaired) electrons. The highest BCUT2D eigenvalue weighted by atomic mass is 16.6. The smallest absolute Gasteiger partial charge is 0.410 e. The Morgan fingerprint density at radius 2 is 1.86 bits per heavy atom. The van der Waals surface area contributed by atoms with Crippen molar-refractivity contribution in [2.75, 3.05) is 7.05 Å². The van der Waals surface area contributed by atoms with E-state index in [1.54, 1.807) is 11.7 Å². The van der Waals surface area contributed by atoms with Gasteiger partial charge >= 0.3 is 6.09 Å². The van der Waals surface area contributed by atoms with Crippen LogP contribution in [0.25, 0.3) is 0 Å². The molecule has 1 amide bonds. The molecule has 1 N–H and O–H groups in total. The van der Waals surface area contributed by atoms with Crippen LogP contribution in [0.2, 0.25) is 0 Å². The van der Waals surface area contributed by atoms with Crippen LogP contribution in [0.4, 0.5) is 4.79 Å². The van der Waals surface area contributed by atoms with Gasteiger partial charge in [0.05, 0.1) is 12.2 Å². The van der Waals surface area contributed by atoms with E-state index in [9.17, 15) is 9.59 Å². The molecule has 126 valence electrons. The van der Waals surface area contributed by atoms with Crippen molar-refractivity contribution in [3.8, 4) is 0 Å². The lowest BCUT2D eigenvalue weighted by Gasteiger charge is -2.24. The molecule has 0 bridgehead atoms. The van der Waals surface area contributed by atoms with Crippen LogP contribution >= 0.6 is 0 Å². The maximum atomic E-state index is 11.9. The summed E-state index contributed by atoms with van der Waals surface area (Å²) in [5.74, 6) is 0. The van der Waals surface area contributed by atoms with Crippen molar-refractivity contribution in [3.63, 3.8) is 0 Å². The molecule has 0 fully saturated rings. The third kappa shape index (κ3) is 6.37. The summed E-state index contributed by atoms with van der Waals surface area (Å²) in [5.41, 5.74) is 0.263. The van der Waals surface area contributed by atoms with Crippen LogP contribution < -0.4 is 5.56 Å². The number of aromatic amines is 1. The number of hydrogen-bond acceptors (Lipinski definition) is 3. The first-order valence-corrected chi connectivity index (χ1v) is 7.60. The van der Waals surface area contributed by atoms with Gasteiger partial charge in [-0.05, 0) is 32.6 Å². The molecule has 6 heteroatoms. The van der Waals surface area contributed by atoms with Gasteiger partial charge in [-0.3, -0.25) is 14.6 Å². The minimum absolute atomic E-state index is 0.0724. The second-order valence-corrected chi connectivity index (χ2v) is 7.92. The van der Waals surface area contributed by atoms with Crippen LogP contribution in [-0.4, -0.2) is 33.4 Å². The first-order chi connectivity index (χ1) is 9.87. The standard InChI is InChI=1S/C16H29N3O3/c1-15(2,3)8-9-19-13(20)10-12(17-19)11-18(7)14(21)22-16(4,5)6/h10,17H,8-9,11H2,1-7H3. The second kappa shape index (κ2) is 6.58. The zero-order chi connectivity index (χ0) is 17.1. The Morgan fingerprint density at radius 1 is 1.27 bits per heavy atom. The number of nitrogens with zero attached hydrogens (tertiary/aromatic N) is 2. The van der Waals surface area contributed by atoms with Gasteiger partial charge in [-0.2, -0.15) is 0 Å². The molecule has 22 heavy (non-hydrogen) atoms. The number of hydrogen-bond donors (Lipinski definition) is 1. The molecule has 0 spiro atoms. The van der Waals surface area contributed by atoms with Gasteiger partial charge in [0.1, 0.15) is 5.60 Å². The SMILES string of the molecule is CN(Cc1cc(=O)n(CCC(C)(C)C)[nH]1)C(=O)OC(C)(C)C. The lowest BCUT2D eigenvalue weighted by Crippen LogP contribution is -2.33. The fourth-order valence-corrected chi connectivity index (χ4v) is 1.84. The third-order valence-corrected chi connectivity index (χ3v) is 3.04. The molecular formula is C16H29N3O3. The van der Waals surface area contributed by atoms with Gasteiger partial charge in [-0.1, -0.05) is 20.8 Å². The number of ether oxygens (including phenoxy) is 1. The summed E-state index contributed by atoms with van der Waals surface area (Å²) < 4.78 is 6.88. The molecule has 6 nitrogen and oxygen atoms in total. The molecule has 0 aliphatic rings. The fraction of sp³-hybridized carbons (Fsp3) is 0.750. The number of aromatic nitrogens is 2. The zero-order valence-electron chi connectivity index (χ0n) is 14.8. The molecule has 1 rings (SSSR count). The fourth-order valence-electron chi connectivity index (χ4n) is 1.84. The monoisotopic (exact) mass is 311 g/mol. The van der Waals surface area contributed by atoms with Gasteiger partial charge in [0.2, 0.25) is 0 Å². The molecule has 1 aromatic heterocycles. The predicted octanol–water partition coefficient (Wildman–Crippen LogP) is 2.98. The van der Waals surface area contributed by atoms with Gasteiger partial charge in [0, 0.05) is 19.7 Å². The Labute approximate surface area is 132 Å². The van der Waals surface area contributed by atoms with Gasteiger partial charge in [0.25, 0.3) is 5.56 Å². The lowest BCUT2D eigenvalue weighted by molar-refractivity contribution is 0.0283. The predicted molar refractivity (Wildman–Crippen MR) is 86.8 cm³/mol. The highest BCUT2D eigenvalue weighted by Crippen LogP contribution is 2.18. The Morgan fingerprint density at radius 3 is 2.36 bits per heavy atom. The number of carbonyl (C=O) groups is 1. The third-order valence-electron chi connectivity index (χ3n) is 3.04. The molecule has 1 aromatic rings. The number of carbonyl (C=O) groups excluding carboxylic acids is 1. The van der Waals surface area contributed by atoms with E-state index in [0.717, 1.165) is 6.42 Å².